The van der Waals surface area contributed by atoms with Gasteiger partial charge in [-0.05, 0) is 68.1 Å². The zero-order valence-electron chi connectivity index (χ0n) is 15.4. The van der Waals surface area contributed by atoms with Crippen molar-refractivity contribution >= 4 is 6.03 Å². The molecule has 0 bridgehead atoms. The first-order chi connectivity index (χ1) is 12.0. The first-order valence-electron chi connectivity index (χ1n) is 9.41. The molecule has 138 valence electrons. The maximum Gasteiger partial charge on any atom is 0.315 e. The van der Waals surface area contributed by atoms with Crippen LogP contribution >= 0.6 is 0 Å². The number of urea groups is 1. The fourth-order valence-corrected chi connectivity index (χ4v) is 4.46. The van der Waals surface area contributed by atoms with Gasteiger partial charge in [-0.3, -0.25) is 0 Å². The van der Waals surface area contributed by atoms with E-state index in [1.807, 2.05) is 26.0 Å². The van der Waals surface area contributed by atoms with Crippen LogP contribution in [0.15, 0.2) is 12.1 Å². The Labute approximate surface area is 150 Å². The van der Waals surface area contributed by atoms with E-state index in [9.17, 15) is 9.90 Å². The van der Waals surface area contributed by atoms with Gasteiger partial charge < -0.3 is 20.5 Å². The first-order valence-corrected chi connectivity index (χ1v) is 9.41. The molecule has 0 aromatic heterocycles. The van der Waals surface area contributed by atoms with E-state index in [1.165, 1.54) is 12.8 Å². The third kappa shape index (κ3) is 4.09. The summed E-state index contributed by atoms with van der Waals surface area (Å²) in [4.78, 5) is 12.3. The van der Waals surface area contributed by atoms with Gasteiger partial charge in [-0.15, -0.1) is 0 Å². The lowest BCUT2D eigenvalue weighted by Gasteiger charge is -2.39. The number of carbonyl (C=O) groups is 1. The van der Waals surface area contributed by atoms with Crippen LogP contribution in [-0.2, 0) is 11.2 Å². The molecule has 1 heterocycles. The molecule has 1 aromatic carbocycles. The van der Waals surface area contributed by atoms with Gasteiger partial charge in [0.15, 0.2) is 0 Å². The number of amides is 2. The van der Waals surface area contributed by atoms with Crippen molar-refractivity contribution in [1.82, 2.24) is 10.6 Å². The van der Waals surface area contributed by atoms with E-state index in [1.54, 1.807) is 0 Å². The summed E-state index contributed by atoms with van der Waals surface area (Å²) in [7, 11) is 0. The Kier molecular flexibility index (Phi) is 5.52. The molecular weight excluding hydrogens is 316 g/mol. The summed E-state index contributed by atoms with van der Waals surface area (Å²) < 4.78 is 5.50. The summed E-state index contributed by atoms with van der Waals surface area (Å²) in [6, 6.07) is 4.17. The molecule has 2 aliphatic rings. The minimum atomic E-state index is -0.0648. The lowest BCUT2D eigenvalue weighted by atomic mass is 9.75. The van der Waals surface area contributed by atoms with E-state index in [0.717, 1.165) is 55.6 Å². The zero-order valence-corrected chi connectivity index (χ0v) is 15.4. The van der Waals surface area contributed by atoms with Crippen molar-refractivity contribution in [3.63, 3.8) is 0 Å². The van der Waals surface area contributed by atoms with E-state index in [4.69, 9.17) is 4.74 Å². The number of benzene rings is 1. The van der Waals surface area contributed by atoms with Gasteiger partial charge in [0, 0.05) is 25.8 Å². The molecule has 2 fully saturated rings. The molecule has 5 nitrogen and oxygen atoms in total. The highest BCUT2D eigenvalue weighted by atomic mass is 16.5. The molecule has 3 N–H and O–H groups in total. The predicted octanol–water partition coefficient (Wildman–Crippen LogP) is 3.20. The van der Waals surface area contributed by atoms with Crippen molar-refractivity contribution in [3.05, 3.63) is 28.8 Å². The average Bonchev–Trinajstić information content (AvgIpc) is 2.95. The number of phenols is 1. The number of aryl methyl sites for hydroxylation is 2. The van der Waals surface area contributed by atoms with Crippen LogP contribution in [0.5, 0.6) is 5.75 Å². The van der Waals surface area contributed by atoms with Gasteiger partial charge in [0.25, 0.3) is 0 Å². The Hall–Kier alpha value is -1.75. The number of phenolic OH excluding ortho intramolecular Hbond substituents is 1. The van der Waals surface area contributed by atoms with Gasteiger partial charge in [0.2, 0.25) is 0 Å². The first kappa shape index (κ1) is 18.1. The quantitative estimate of drug-likeness (QED) is 0.784. The molecule has 0 radical (unpaired) electrons. The standard InChI is InChI=1S/C20H30N2O3/c1-14-12-16(13-15(2)18(14)23)5-9-21-19(24)22-17-4-3-6-20(17)7-10-25-11-8-20/h12-13,17,23H,3-11H2,1-2H3,(H2,21,22,24)/t17-/m0/s1. The highest BCUT2D eigenvalue weighted by Crippen LogP contribution is 2.45. The molecule has 1 saturated heterocycles. The third-order valence-corrected chi connectivity index (χ3v) is 5.95. The second kappa shape index (κ2) is 7.65. The number of rotatable bonds is 4. The minimum absolute atomic E-state index is 0.0648. The van der Waals surface area contributed by atoms with E-state index in [0.29, 0.717) is 12.3 Å². The largest absolute Gasteiger partial charge is 0.507 e. The summed E-state index contributed by atoms with van der Waals surface area (Å²) >= 11 is 0. The molecule has 1 aliphatic carbocycles. The Morgan fingerprint density at radius 3 is 2.60 bits per heavy atom. The SMILES string of the molecule is Cc1cc(CCNC(=O)N[C@H]2CCCC23CCOCC3)cc(C)c1O. The average molecular weight is 346 g/mol. The van der Waals surface area contributed by atoms with Gasteiger partial charge >= 0.3 is 6.03 Å². The van der Waals surface area contributed by atoms with Gasteiger partial charge in [-0.2, -0.15) is 0 Å². The van der Waals surface area contributed by atoms with Gasteiger partial charge in [-0.25, -0.2) is 4.79 Å². The third-order valence-electron chi connectivity index (χ3n) is 5.95. The Balaban J connectivity index is 1.48. The molecule has 2 amide bonds. The zero-order chi connectivity index (χ0) is 17.9. The van der Waals surface area contributed by atoms with Crippen LogP contribution in [0.1, 0.15) is 48.8 Å². The molecule has 1 aliphatic heterocycles. The molecule has 25 heavy (non-hydrogen) atoms. The lowest BCUT2D eigenvalue weighted by molar-refractivity contribution is 0.00625. The minimum Gasteiger partial charge on any atom is -0.507 e. The number of hydrogen-bond donors (Lipinski definition) is 3. The highest BCUT2D eigenvalue weighted by molar-refractivity contribution is 5.74. The van der Waals surface area contributed by atoms with Gasteiger partial charge in [0.1, 0.15) is 5.75 Å². The summed E-state index contributed by atoms with van der Waals surface area (Å²) in [5.74, 6) is 0.359. The van der Waals surface area contributed by atoms with E-state index in [-0.39, 0.29) is 17.5 Å². The van der Waals surface area contributed by atoms with Crippen LogP contribution in [0.3, 0.4) is 0 Å². The number of ether oxygens (including phenoxy) is 1. The van der Waals surface area contributed by atoms with Crippen molar-refractivity contribution in [3.8, 4) is 5.75 Å². The van der Waals surface area contributed by atoms with E-state index < -0.39 is 0 Å². The maximum absolute atomic E-state index is 12.3. The molecule has 5 heteroatoms. The van der Waals surface area contributed by atoms with Crippen molar-refractivity contribution in [2.75, 3.05) is 19.8 Å². The molecule has 1 spiro atoms. The van der Waals surface area contributed by atoms with Crippen LogP contribution in [0, 0.1) is 19.3 Å². The summed E-state index contributed by atoms with van der Waals surface area (Å²) in [5, 5.41) is 16.0. The predicted molar refractivity (Wildman–Crippen MR) is 97.9 cm³/mol. The second-order valence-electron chi connectivity index (χ2n) is 7.65. The number of hydrogen-bond acceptors (Lipinski definition) is 3. The topological polar surface area (TPSA) is 70.6 Å². The van der Waals surface area contributed by atoms with Crippen LogP contribution in [-0.4, -0.2) is 36.9 Å². The Morgan fingerprint density at radius 1 is 1.24 bits per heavy atom. The Morgan fingerprint density at radius 2 is 1.92 bits per heavy atom. The van der Waals surface area contributed by atoms with Crippen LogP contribution in [0.25, 0.3) is 0 Å². The van der Waals surface area contributed by atoms with E-state index in [2.05, 4.69) is 10.6 Å². The molecule has 0 unspecified atom stereocenters. The lowest BCUT2D eigenvalue weighted by Crippen LogP contribution is -2.50. The van der Waals surface area contributed by atoms with Crippen LogP contribution < -0.4 is 10.6 Å². The fraction of sp³-hybridized carbons (Fsp3) is 0.650. The summed E-state index contributed by atoms with van der Waals surface area (Å²) in [6.07, 6.45) is 6.35. The van der Waals surface area contributed by atoms with E-state index >= 15 is 0 Å². The summed E-state index contributed by atoms with van der Waals surface area (Å²) in [6.45, 7) is 6.04. The second-order valence-corrected chi connectivity index (χ2v) is 7.65. The molecule has 1 atom stereocenters. The van der Waals surface area contributed by atoms with Crippen molar-refractivity contribution in [2.24, 2.45) is 5.41 Å². The van der Waals surface area contributed by atoms with Crippen molar-refractivity contribution in [2.45, 2.75) is 58.4 Å². The normalized spacial score (nSPS) is 22.1. The Bertz CT molecular complexity index is 600. The van der Waals surface area contributed by atoms with Crippen molar-refractivity contribution < 1.29 is 14.6 Å². The van der Waals surface area contributed by atoms with Crippen molar-refractivity contribution in [1.29, 1.82) is 0 Å². The van der Waals surface area contributed by atoms with Gasteiger partial charge in [0.05, 0.1) is 0 Å². The number of aromatic hydroxyl groups is 1. The number of carbonyl (C=O) groups excluding carboxylic acids is 1. The van der Waals surface area contributed by atoms with Gasteiger partial charge in [-0.1, -0.05) is 18.6 Å². The molecule has 1 saturated carbocycles. The molecular formula is C20H30N2O3. The highest BCUT2D eigenvalue weighted by Gasteiger charge is 2.44. The monoisotopic (exact) mass is 346 g/mol. The smallest absolute Gasteiger partial charge is 0.315 e. The molecule has 3 rings (SSSR count). The summed E-state index contributed by atoms with van der Waals surface area (Å²) in [5.41, 5.74) is 3.15. The van der Waals surface area contributed by atoms with Crippen LogP contribution in [0.4, 0.5) is 4.79 Å². The molecule has 1 aromatic rings. The maximum atomic E-state index is 12.3. The van der Waals surface area contributed by atoms with Crippen LogP contribution in [0.2, 0.25) is 0 Å². The fourth-order valence-electron chi connectivity index (χ4n) is 4.46. The number of nitrogens with one attached hydrogen (secondary N) is 2.